The molecule has 0 saturated heterocycles. The Morgan fingerprint density at radius 3 is 2.67 bits per heavy atom. The van der Waals surface area contributed by atoms with E-state index < -0.39 is 0 Å². The summed E-state index contributed by atoms with van der Waals surface area (Å²) < 4.78 is 17.7. The first kappa shape index (κ1) is 15.0. The molecule has 0 saturated carbocycles. The van der Waals surface area contributed by atoms with Crippen LogP contribution in [-0.2, 0) is 0 Å². The van der Waals surface area contributed by atoms with Crippen LogP contribution < -0.4 is 0 Å². The fourth-order valence-corrected chi connectivity index (χ4v) is 3.64. The molecule has 2 nitrogen and oxygen atoms in total. The van der Waals surface area contributed by atoms with E-state index in [0.29, 0.717) is 16.9 Å². The smallest absolute Gasteiger partial charge is 0.151 e. The second-order valence-electron chi connectivity index (χ2n) is 4.62. The molecule has 0 bridgehead atoms. The van der Waals surface area contributed by atoms with Gasteiger partial charge in [0.05, 0.1) is 16.6 Å². The van der Waals surface area contributed by atoms with Gasteiger partial charge in [-0.25, -0.2) is 9.37 Å². The van der Waals surface area contributed by atoms with Crippen molar-refractivity contribution in [1.82, 2.24) is 9.55 Å². The first-order valence-electron chi connectivity index (χ1n) is 6.25. The van der Waals surface area contributed by atoms with Crippen molar-refractivity contribution in [1.29, 1.82) is 0 Å². The van der Waals surface area contributed by atoms with Gasteiger partial charge in [-0.1, -0.05) is 22.0 Å². The minimum absolute atomic E-state index is 0.329. The zero-order valence-electron chi connectivity index (χ0n) is 10.9. The summed E-state index contributed by atoms with van der Waals surface area (Å²) in [5.41, 5.74) is 1.89. The molecule has 108 valence electrons. The van der Waals surface area contributed by atoms with E-state index in [-0.39, 0.29) is 11.2 Å². The highest BCUT2D eigenvalue weighted by molar-refractivity contribution is 9.11. The van der Waals surface area contributed by atoms with Crippen LogP contribution in [0.2, 0.25) is 0 Å². The van der Waals surface area contributed by atoms with Gasteiger partial charge in [0.25, 0.3) is 0 Å². The van der Waals surface area contributed by atoms with Gasteiger partial charge in [0.1, 0.15) is 11.3 Å². The second-order valence-corrected chi connectivity index (χ2v) is 7.05. The van der Waals surface area contributed by atoms with Crippen LogP contribution in [0.15, 0.2) is 45.3 Å². The van der Waals surface area contributed by atoms with Gasteiger partial charge in [0.15, 0.2) is 5.82 Å². The number of nitrogens with zero attached hydrogens (tertiary/aromatic N) is 2. The molecule has 0 spiro atoms. The normalized spacial score (nSPS) is 12.8. The molecule has 1 aromatic heterocycles. The predicted octanol–water partition coefficient (Wildman–Crippen LogP) is 5.99. The molecular formula is C15H10Br2ClFN2. The van der Waals surface area contributed by atoms with Crippen molar-refractivity contribution < 1.29 is 4.39 Å². The van der Waals surface area contributed by atoms with Gasteiger partial charge in [-0.05, 0) is 53.2 Å². The minimum atomic E-state index is -0.349. The number of aromatic nitrogens is 2. The number of benzene rings is 2. The van der Waals surface area contributed by atoms with Gasteiger partial charge in [0.2, 0.25) is 0 Å². The summed E-state index contributed by atoms with van der Waals surface area (Å²) in [6.45, 7) is 1.82. The molecule has 0 aliphatic rings. The lowest BCUT2D eigenvalue weighted by atomic mass is 10.2. The number of hydrogen-bond acceptors (Lipinski definition) is 1. The van der Waals surface area contributed by atoms with E-state index in [2.05, 4.69) is 36.8 Å². The van der Waals surface area contributed by atoms with Crippen molar-refractivity contribution in [3.63, 3.8) is 0 Å². The van der Waals surface area contributed by atoms with Crippen LogP contribution in [0, 0.1) is 5.82 Å². The maximum Gasteiger partial charge on any atom is 0.151 e. The molecular weight excluding hydrogens is 422 g/mol. The highest BCUT2D eigenvalue weighted by Crippen LogP contribution is 2.33. The Labute approximate surface area is 143 Å². The first-order chi connectivity index (χ1) is 9.99. The Balaban J connectivity index is 2.39. The van der Waals surface area contributed by atoms with Crippen molar-refractivity contribution in [2.75, 3.05) is 0 Å². The summed E-state index contributed by atoms with van der Waals surface area (Å²) in [7, 11) is 0. The summed E-state index contributed by atoms with van der Waals surface area (Å²) in [5.74, 6) is 0.262. The highest BCUT2D eigenvalue weighted by Gasteiger charge is 2.19. The molecule has 2 aromatic carbocycles. The molecule has 1 atom stereocenters. The molecule has 0 aliphatic carbocycles. The summed E-state index contributed by atoms with van der Waals surface area (Å²) in [4.78, 5) is 4.38. The predicted molar refractivity (Wildman–Crippen MR) is 90.7 cm³/mol. The molecule has 3 rings (SSSR count). The van der Waals surface area contributed by atoms with E-state index in [1.165, 1.54) is 6.07 Å². The Kier molecular flexibility index (Phi) is 4.08. The van der Waals surface area contributed by atoms with Crippen molar-refractivity contribution in [3.8, 4) is 5.69 Å². The molecule has 21 heavy (non-hydrogen) atoms. The lowest BCUT2D eigenvalue weighted by Gasteiger charge is -2.12. The number of para-hydroxylation sites is 1. The van der Waals surface area contributed by atoms with Crippen LogP contribution in [0.4, 0.5) is 4.39 Å². The third kappa shape index (κ3) is 2.62. The Bertz CT molecular complexity index is 830. The monoisotopic (exact) mass is 430 g/mol. The average Bonchev–Trinajstić information content (AvgIpc) is 2.80. The van der Waals surface area contributed by atoms with Crippen LogP contribution in [-0.4, -0.2) is 9.55 Å². The van der Waals surface area contributed by atoms with E-state index in [0.717, 1.165) is 14.6 Å². The van der Waals surface area contributed by atoms with Crippen LogP contribution in [0.1, 0.15) is 18.1 Å². The van der Waals surface area contributed by atoms with Crippen LogP contribution in [0.5, 0.6) is 0 Å². The second kappa shape index (κ2) is 5.71. The van der Waals surface area contributed by atoms with Crippen molar-refractivity contribution in [3.05, 3.63) is 57.0 Å². The molecule has 1 unspecified atom stereocenters. The number of hydrogen-bond donors (Lipinski definition) is 0. The van der Waals surface area contributed by atoms with Crippen LogP contribution >= 0.6 is 43.5 Å². The lowest BCUT2D eigenvalue weighted by molar-refractivity contribution is 0.637. The largest absolute Gasteiger partial charge is 0.294 e. The Morgan fingerprint density at radius 2 is 2.00 bits per heavy atom. The van der Waals surface area contributed by atoms with Gasteiger partial charge < -0.3 is 0 Å². The third-order valence-electron chi connectivity index (χ3n) is 3.17. The SMILES string of the molecule is CC(Cl)c1nc2c(F)cccc2n1-c1ccc(Br)cc1Br. The van der Waals surface area contributed by atoms with Crippen molar-refractivity contribution in [2.24, 2.45) is 0 Å². The van der Waals surface area contributed by atoms with E-state index in [1.54, 1.807) is 6.07 Å². The molecule has 0 fully saturated rings. The van der Waals surface area contributed by atoms with Crippen LogP contribution in [0.25, 0.3) is 16.7 Å². The van der Waals surface area contributed by atoms with Gasteiger partial charge in [-0.3, -0.25) is 4.57 Å². The molecule has 0 aliphatic heterocycles. The standard InChI is InChI=1S/C15H10Br2ClFN2/c1-8(18)15-20-14-11(19)3-2-4-13(14)21(15)12-6-5-9(16)7-10(12)17/h2-8H,1H3. The quantitative estimate of drug-likeness (QED) is 0.455. The number of fused-ring (bicyclic) bond motifs is 1. The zero-order valence-corrected chi connectivity index (χ0v) is 14.9. The molecule has 0 amide bonds. The van der Waals surface area contributed by atoms with E-state index in [4.69, 9.17) is 11.6 Å². The Morgan fingerprint density at radius 1 is 1.24 bits per heavy atom. The van der Waals surface area contributed by atoms with Gasteiger partial charge in [-0.15, -0.1) is 11.6 Å². The third-order valence-corrected chi connectivity index (χ3v) is 4.49. The maximum atomic E-state index is 14.0. The molecule has 3 aromatic rings. The van der Waals surface area contributed by atoms with E-state index in [1.807, 2.05) is 35.8 Å². The van der Waals surface area contributed by atoms with Crippen molar-refractivity contribution >= 4 is 54.5 Å². The number of halogens is 4. The lowest BCUT2D eigenvalue weighted by Crippen LogP contribution is -2.02. The van der Waals surface area contributed by atoms with E-state index >= 15 is 0 Å². The number of alkyl halides is 1. The van der Waals surface area contributed by atoms with Gasteiger partial charge in [0, 0.05) is 8.95 Å². The summed E-state index contributed by atoms with van der Waals surface area (Å²) >= 11 is 13.2. The molecule has 0 radical (unpaired) electrons. The van der Waals surface area contributed by atoms with E-state index in [9.17, 15) is 4.39 Å². The topological polar surface area (TPSA) is 17.8 Å². The molecule has 6 heteroatoms. The Hall–Kier alpha value is -0.910. The highest BCUT2D eigenvalue weighted by atomic mass is 79.9. The number of rotatable bonds is 2. The first-order valence-corrected chi connectivity index (χ1v) is 8.27. The summed E-state index contributed by atoms with van der Waals surface area (Å²) in [6, 6.07) is 10.7. The van der Waals surface area contributed by atoms with Gasteiger partial charge >= 0.3 is 0 Å². The van der Waals surface area contributed by atoms with Crippen LogP contribution in [0.3, 0.4) is 0 Å². The average molecular weight is 433 g/mol. The summed E-state index contributed by atoms with van der Waals surface area (Å²) in [5, 5.41) is -0.340. The maximum absolute atomic E-state index is 14.0. The van der Waals surface area contributed by atoms with Crippen molar-refractivity contribution in [2.45, 2.75) is 12.3 Å². The van der Waals surface area contributed by atoms with Gasteiger partial charge in [-0.2, -0.15) is 0 Å². The zero-order chi connectivity index (χ0) is 15.1. The summed E-state index contributed by atoms with van der Waals surface area (Å²) in [6.07, 6.45) is 0. The molecule has 0 N–H and O–H groups in total. The minimum Gasteiger partial charge on any atom is -0.294 e. The fraction of sp³-hybridized carbons (Fsp3) is 0.133. The fourth-order valence-electron chi connectivity index (χ4n) is 2.27. The number of imidazole rings is 1. The molecule has 1 heterocycles.